The van der Waals surface area contributed by atoms with Crippen molar-refractivity contribution in [1.82, 2.24) is 9.88 Å². The van der Waals surface area contributed by atoms with E-state index in [4.69, 9.17) is 16.3 Å². The van der Waals surface area contributed by atoms with E-state index < -0.39 is 0 Å². The van der Waals surface area contributed by atoms with Gasteiger partial charge in [0.1, 0.15) is 17.5 Å². The highest BCUT2D eigenvalue weighted by Crippen LogP contribution is 2.33. The number of carbonyl (C=O) groups is 1. The van der Waals surface area contributed by atoms with Crippen LogP contribution < -0.4 is 4.74 Å². The number of nitrogens with zero attached hydrogens (tertiary/aromatic N) is 2. The van der Waals surface area contributed by atoms with Crippen LogP contribution >= 0.6 is 11.6 Å². The van der Waals surface area contributed by atoms with Crippen LogP contribution in [0.25, 0.3) is 10.8 Å². The molecule has 0 unspecified atom stereocenters. The Hall–Kier alpha value is -1.81. The van der Waals surface area contributed by atoms with Gasteiger partial charge >= 0.3 is 0 Å². The highest BCUT2D eigenvalue weighted by molar-refractivity contribution is 6.30. The molecule has 1 aromatic heterocycles. The van der Waals surface area contributed by atoms with E-state index >= 15 is 0 Å². The van der Waals surface area contributed by atoms with Gasteiger partial charge in [-0.3, -0.25) is 4.79 Å². The molecule has 1 aliphatic rings. The SMILES string of the molecule is CC(C)c1ccc(OC[C@H]2CCC(=O)N2C)c2cnc(Cl)cc12. The molecule has 2 heterocycles. The van der Waals surface area contributed by atoms with Gasteiger partial charge in [0.05, 0.1) is 6.04 Å². The van der Waals surface area contributed by atoms with E-state index in [-0.39, 0.29) is 11.9 Å². The fourth-order valence-corrected chi connectivity index (χ4v) is 3.24. The monoisotopic (exact) mass is 332 g/mol. The van der Waals surface area contributed by atoms with Crippen LogP contribution in [0.2, 0.25) is 5.15 Å². The molecular weight excluding hydrogens is 312 g/mol. The largest absolute Gasteiger partial charge is 0.491 e. The molecule has 0 N–H and O–H groups in total. The van der Waals surface area contributed by atoms with Crippen LogP contribution in [0.5, 0.6) is 5.75 Å². The number of fused-ring (bicyclic) bond motifs is 1. The number of aromatic nitrogens is 1. The van der Waals surface area contributed by atoms with Crippen LogP contribution in [0.15, 0.2) is 24.4 Å². The zero-order valence-corrected chi connectivity index (χ0v) is 14.4. The number of likely N-dealkylation sites (N-methyl/N-ethyl adjacent to an activating group) is 1. The predicted octanol–water partition coefficient (Wildman–Crippen LogP) is 4.01. The van der Waals surface area contributed by atoms with Crippen molar-refractivity contribution in [2.24, 2.45) is 0 Å². The van der Waals surface area contributed by atoms with Gasteiger partial charge in [-0.25, -0.2) is 4.98 Å². The number of ether oxygens (including phenoxy) is 1. The molecule has 0 saturated carbocycles. The summed E-state index contributed by atoms with van der Waals surface area (Å²) >= 11 is 6.07. The fraction of sp³-hybridized carbons (Fsp3) is 0.444. The molecule has 1 fully saturated rings. The molecule has 23 heavy (non-hydrogen) atoms. The van der Waals surface area contributed by atoms with Gasteiger partial charge in [0.25, 0.3) is 0 Å². The number of hydrogen-bond acceptors (Lipinski definition) is 3. The van der Waals surface area contributed by atoms with Gasteiger partial charge in [0.2, 0.25) is 5.91 Å². The summed E-state index contributed by atoms with van der Waals surface area (Å²) in [4.78, 5) is 17.6. The third kappa shape index (κ3) is 3.13. The summed E-state index contributed by atoms with van der Waals surface area (Å²) < 4.78 is 6.02. The maximum Gasteiger partial charge on any atom is 0.222 e. The van der Waals surface area contributed by atoms with E-state index in [2.05, 4.69) is 24.9 Å². The second-order valence-electron chi connectivity index (χ2n) is 6.37. The molecule has 2 aromatic rings. The van der Waals surface area contributed by atoms with Crippen molar-refractivity contribution in [1.29, 1.82) is 0 Å². The fourth-order valence-electron chi connectivity index (χ4n) is 3.08. The first-order valence-corrected chi connectivity index (χ1v) is 8.31. The maximum absolute atomic E-state index is 11.6. The van der Waals surface area contributed by atoms with Gasteiger partial charge in [0, 0.05) is 25.1 Å². The normalized spacial score (nSPS) is 18.2. The van der Waals surface area contributed by atoms with Gasteiger partial charge in [0.15, 0.2) is 0 Å². The van der Waals surface area contributed by atoms with Crippen LogP contribution in [0.3, 0.4) is 0 Å². The van der Waals surface area contributed by atoms with Gasteiger partial charge in [-0.2, -0.15) is 0 Å². The minimum absolute atomic E-state index is 0.141. The first-order chi connectivity index (χ1) is 11.0. The van der Waals surface area contributed by atoms with Gasteiger partial charge in [-0.15, -0.1) is 0 Å². The third-order valence-electron chi connectivity index (χ3n) is 4.55. The highest BCUT2D eigenvalue weighted by Gasteiger charge is 2.28. The second kappa shape index (κ2) is 6.36. The van der Waals surface area contributed by atoms with E-state index in [1.807, 2.05) is 19.2 Å². The lowest BCUT2D eigenvalue weighted by Crippen LogP contribution is -2.33. The maximum atomic E-state index is 11.6. The van der Waals surface area contributed by atoms with Crippen LogP contribution in [0.1, 0.15) is 38.2 Å². The van der Waals surface area contributed by atoms with Crippen molar-refractivity contribution in [3.05, 3.63) is 35.1 Å². The Morgan fingerprint density at radius 1 is 1.39 bits per heavy atom. The Labute approximate surface area is 141 Å². The average molecular weight is 333 g/mol. The molecular formula is C18H21ClN2O2. The number of halogens is 1. The molecule has 1 aromatic carbocycles. The van der Waals surface area contributed by atoms with Crippen molar-refractivity contribution in [2.75, 3.05) is 13.7 Å². The Morgan fingerprint density at radius 2 is 2.17 bits per heavy atom. The van der Waals surface area contributed by atoms with E-state index in [9.17, 15) is 4.79 Å². The number of hydrogen-bond donors (Lipinski definition) is 0. The zero-order valence-electron chi connectivity index (χ0n) is 13.7. The summed E-state index contributed by atoms with van der Waals surface area (Å²) in [7, 11) is 1.84. The van der Waals surface area contributed by atoms with E-state index in [1.54, 1.807) is 11.1 Å². The predicted molar refractivity (Wildman–Crippen MR) is 92.1 cm³/mol. The topological polar surface area (TPSA) is 42.4 Å². The van der Waals surface area contributed by atoms with Crippen LogP contribution in [0, 0.1) is 0 Å². The molecule has 0 bridgehead atoms. The van der Waals surface area contributed by atoms with Crippen molar-refractivity contribution < 1.29 is 9.53 Å². The summed E-state index contributed by atoms with van der Waals surface area (Å²) in [5.41, 5.74) is 1.23. The Morgan fingerprint density at radius 3 is 2.83 bits per heavy atom. The highest BCUT2D eigenvalue weighted by atomic mass is 35.5. The summed E-state index contributed by atoms with van der Waals surface area (Å²) in [6.45, 7) is 4.81. The van der Waals surface area contributed by atoms with Crippen LogP contribution in [-0.4, -0.2) is 35.5 Å². The smallest absolute Gasteiger partial charge is 0.222 e. The number of rotatable bonds is 4. The molecule has 0 spiro atoms. The van der Waals surface area contributed by atoms with Crippen molar-refractivity contribution in [2.45, 2.75) is 38.6 Å². The molecule has 4 nitrogen and oxygen atoms in total. The zero-order chi connectivity index (χ0) is 16.6. The van der Waals surface area contributed by atoms with Gasteiger partial charge in [-0.1, -0.05) is 31.5 Å². The van der Waals surface area contributed by atoms with E-state index in [1.165, 1.54) is 5.56 Å². The van der Waals surface area contributed by atoms with Gasteiger partial charge < -0.3 is 9.64 Å². The summed E-state index contributed by atoms with van der Waals surface area (Å²) in [5.74, 6) is 1.37. The Bertz CT molecular complexity index is 745. The lowest BCUT2D eigenvalue weighted by Gasteiger charge is -2.21. The molecule has 1 saturated heterocycles. The number of carbonyl (C=O) groups excluding carboxylic acids is 1. The molecule has 0 radical (unpaired) electrons. The lowest BCUT2D eigenvalue weighted by molar-refractivity contribution is -0.127. The summed E-state index contributed by atoms with van der Waals surface area (Å²) in [6.07, 6.45) is 3.22. The Kier molecular flexibility index (Phi) is 4.44. The first kappa shape index (κ1) is 16.1. The standard InChI is InChI=1S/C18H21ClN2O2/c1-11(2)13-5-6-16(15-9-20-17(19)8-14(13)15)23-10-12-4-7-18(22)21(12)3/h5-6,8-9,11-12H,4,7,10H2,1-3H3/t12-/m1/s1. The molecule has 3 rings (SSSR count). The number of amides is 1. The van der Waals surface area contributed by atoms with Crippen molar-refractivity contribution >= 4 is 28.3 Å². The second-order valence-corrected chi connectivity index (χ2v) is 6.76. The lowest BCUT2D eigenvalue weighted by atomic mass is 9.97. The van der Waals surface area contributed by atoms with Crippen molar-refractivity contribution in [3.63, 3.8) is 0 Å². The van der Waals surface area contributed by atoms with Crippen LogP contribution in [-0.2, 0) is 4.79 Å². The van der Waals surface area contributed by atoms with Crippen LogP contribution in [0.4, 0.5) is 0 Å². The van der Waals surface area contributed by atoms with Crippen molar-refractivity contribution in [3.8, 4) is 5.75 Å². The molecule has 5 heteroatoms. The molecule has 122 valence electrons. The molecule has 1 aliphatic heterocycles. The summed E-state index contributed by atoms with van der Waals surface area (Å²) in [6, 6.07) is 6.11. The minimum Gasteiger partial charge on any atom is -0.491 e. The molecule has 1 atom stereocenters. The number of pyridine rings is 1. The Balaban J connectivity index is 1.90. The van der Waals surface area contributed by atoms with E-state index in [0.717, 1.165) is 22.9 Å². The molecule has 0 aliphatic carbocycles. The minimum atomic E-state index is 0.141. The molecule has 1 amide bonds. The third-order valence-corrected chi connectivity index (χ3v) is 4.75. The van der Waals surface area contributed by atoms with Gasteiger partial charge in [-0.05, 0) is 35.4 Å². The average Bonchev–Trinajstić information content (AvgIpc) is 2.83. The quantitative estimate of drug-likeness (QED) is 0.794. The van der Waals surface area contributed by atoms with E-state index in [0.29, 0.717) is 24.1 Å². The first-order valence-electron chi connectivity index (χ1n) is 7.94. The summed E-state index contributed by atoms with van der Waals surface area (Å²) in [5, 5.41) is 2.53. The number of likely N-dealkylation sites (tertiary alicyclic amines) is 1. The number of benzene rings is 1.